The highest BCUT2D eigenvalue weighted by Gasteiger charge is 1.89. The molecule has 0 amide bonds. The maximum atomic E-state index is 8.03. The normalized spacial score (nSPS) is 6.80. The third kappa shape index (κ3) is 2.38. The molecule has 3 heteroatoms. The maximum absolute atomic E-state index is 8.03. The lowest BCUT2D eigenvalue weighted by molar-refractivity contribution is -0.00000265. The Hall–Kier alpha value is -1.20. The van der Waals surface area contributed by atoms with E-state index < -0.39 is 0 Å². The largest absolute Gasteiger partial charge is 1.00 e. The molecule has 0 heterocycles. The van der Waals surface area contributed by atoms with E-state index >= 15 is 0 Å². The predicted octanol–water partition coefficient (Wildman–Crippen LogP) is -1.24. The maximum Gasteiger partial charge on any atom is 0.388 e. The molecule has 1 aromatic carbocycles. The molecule has 0 atom stereocenters. The van der Waals surface area contributed by atoms with Crippen LogP contribution in [-0.2, 0) is 0 Å². The van der Waals surface area contributed by atoms with Gasteiger partial charge in [-0.1, -0.05) is 18.2 Å². The Morgan fingerprint density at radius 1 is 1.20 bits per heavy atom. The van der Waals surface area contributed by atoms with Gasteiger partial charge in [0.25, 0.3) is 0 Å². The fourth-order valence-electron chi connectivity index (χ4n) is 0.570. The molecular formula is C7H6ClNO. The molecule has 0 aliphatic heterocycles. The summed E-state index contributed by atoms with van der Waals surface area (Å²) in [5.41, 5.74) is 0.778. The molecule has 0 bridgehead atoms. The lowest BCUT2D eigenvalue weighted by Crippen LogP contribution is -3.00. The van der Waals surface area contributed by atoms with Gasteiger partial charge in [0, 0.05) is 0 Å². The summed E-state index contributed by atoms with van der Waals surface area (Å²) in [6, 6.07) is 11.6. The van der Waals surface area contributed by atoms with Crippen LogP contribution in [0.25, 0.3) is 5.01 Å². The van der Waals surface area contributed by atoms with Gasteiger partial charge in [0.1, 0.15) is 5.56 Å². The van der Waals surface area contributed by atoms with E-state index in [2.05, 4.69) is 11.1 Å². The zero-order chi connectivity index (χ0) is 6.53. The average molecular weight is 156 g/mol. The summed E-state index contributed by atoms with van der Waals surface area (Å²) in [4.78, 5) is 0. The summed E-state index contributed by atoms with van der Waals surface area (Å²) in [5, 5.41) is 10.8. The zero-order valence-corrected chi connectivity index (χ0v) is 5.92. The van der Waals surface area contributed by atoms with Crippen molar-refractivity contribution in [2.75, 3.05) is 0 Å². The number of nitrogens with zero attached hydrogens (tertiary/aromatic N) is 1. The lowest BCUT2D eigenvalue weighted by Gasteiger charge is -1.76. The third-order valence-electron chi connectivity index (χ3n) is 0.953. The first-order chi connectivity index (χ1) is 4.43. The smallest absolute Gasteiger partial charge is 0.388 e. The van der Waals surface area contributed by atoms with Gasteiger partial charge in [-0.15, -0.1) is 0 Å². The van der Waals surface area contributed by atoms with E-state index in [0.717, 1.165) is 5.56 Å². The average Bonchev–Trinajstić information content (AvgIpc) is 1.91. The second-order valence-electron chi connectivity index (χ2n) is 1.58. The van der Waals surface area contributed by atoms with Crippen molar-refractivity contribution in [1.82, 2.24) is 0 Å². The van der Waals surface area contributed by atoms with Crippen molar-refractivity contribution >= 4 is 0 Å². The van der Waals surface area contributed by atoms with Crippen molar-refractivity contribution in [3.8, 4) is 6.07 Å². The first kappa shape index (κ1) is 8.80. The van der Waals surface area contributed by atoms with Crippen molar-refractivity contribution < 1.29 is 17.6 Å². The van der Waals surface area contributed by atoms with Gasteiger partial charge in [0.15, 0.2) is 0 Å². The third-order valence-corrected chi connectivity index (χ3v) is 0.953. The van der Waals surface area contributed by atoms with Crippen LogP contribution in [0.15, 0.2) is 30.3 Å². The highest BCUT2D eigenvalue weighted by Crippen LogP contribution is 1.94. The van der Waals surface area contributed by atoms with Gasteiger partial charge < -0.3 is 12.4 Å². The Balaban J connectivity index is 0.000000810. The van der Waals surface area contributed by atoms with Crippen LogP contribution < -0.4 is 12.4 Å². The van der Waals surface area contributed by atoms with Gasteiger partial charge in [0.05, 0.1) is 0 Å². The molecule has 1 N–H and O–H groups in total. The van der Waals surface area contributed by atoms with Gasteiger partial charge in [-0.2, -0.15) is 5.21 Å². The van der Waals surface area contributed by atoms with Crippen molar-refractivity contribution in [2.24, 2.45) is 0 Å². The number of hydrogen-bond acceptors (Lipinski definition) is 1. The molecular weight excluding hydrogens is 150 g/mol. The molecule has 0 saturated carbocycles. The Morgan fingerprint density at radius 2 is 1.80 bits per heavy atom. The minimum atomic E-state index is 0. The first-order valence-corrected chi connectivity index (χ1v) is 2.58. The molecule has 0 aliphatic rings. The van der Waals surface area contributed by atoms with E-state index in [1.165, 1.54) is 0 Å². The van der Waals surface area contributed by atoms with Crippen LogP contribution in [0.3, 0.4) is 0 Å². The summed E-state index contributed by atoms with van der Waals surface area (Å²) in [5.74, 6) is 0. The van der Waals surface area contributed by atoms with E-state index in [-0.39, 0.29) is 12.4 Å². The molecule has 2 nitrogen and oxygen atoms in total. The SMILES string of the molecule is O[N+]#Cc1ccccc1.[Cl-]. The number of benzene rings is 1. The van der Waals surface area contributed by atoms with Crippen LogP contribution >= 0.6 is 0 Å². The minimum absolute atomic E-state index is 0. The van der Waals surface area contributed by atoms with Crippen LogP contribution in [0.4, 0.5) is 0 Å². The summed E-state index contributed by atoms with van der Waals surface area (Å²) in [6.07, 6.45) is 0. The lowest BCUT2D eigenvalue weighted by atomic mass is 10.2. The number of hydrogen-bond donors (Lipinski definition) is 1. The fourth-order valence-corrected chi connectivity index (χ4v) is 0.570. The van der Waals surface area contributed by atoms with E-state index in [0.29, 0.717) is 0 Å². The van der Waals surface area contributed by atoms with Crippen LogP contribution in [-0.4, -0.2) is 5.21 Å². The van der Waals surface area contributed by atoms with Crippen LogP contribution in [0.2, 0.25) is 0 Å². The first-order valence-electron chi connectivity index (χ1n) is 2.58. The van der Waals surface area contributed by atoms with Gasteiger partial charge in [-0.3, -0.25) is 0 Å². The summed E-state index contributed by atoms with van der Waals surface area (Å²) in [6.45, 7) is 0. The van der Waals surface area contributed by atoms with Crippen LogP contribution in [0, 0.1) is 6.07 Å². The summed E-state index contributed by atoms with van der Waals surface area (Å²) < 4.78 is 0. The van der Waals surface area contributed by atoms with Gasteiger partial charge >= 0.3 is 6.07 Å². The monoisotopic (exact) mass is 155 g/mol. The highest BCUT2D eigenvalue weighted by atomic mass is 35.5. The molecule has 10 heavy (non-hydrogen) atoms. The second-order valence-corrected chi connectivity index (χ2v) is 1.58. The molecule has 1 rings (SSSR count). The topological polar surface area (TPSA) is 24.6 Å². The number of halogens is 1. The second kappa shape index (κ2) is 4.66. The fraction of sp³-hybridized carbons (Fsp3) is 0. The zero-order valence-electron chi connectivity index (χ0n) is 5.16. The molecule has 52 valence electrons. The van der Waals surface area contributed by atoms with Gasteiger partial charge in [0.2, 0.25) is 5.01 Å². The van der Waals surface area contributed by atoms with Crippen molar-refractivity contribution in [3.63, 3.8) is 0 Å². The van der Waals surface area contributed by atoms with E-state index in [9.17, 15) is 0 Å². The van der Waals surface area contributed by atoms with Gasteiger partial charge in [-0.05, 0) is 12.1 Å². The molecule has 0 aliphatic carbocycles. The quantitative estimate of drug-likeness (QED) is 0.466. The summed E-state index contributed by atoms with van der Waals surface area (Å²) in [7, 11) is 0. The molecule has 1 aromatic rings. The van der Waals surface area contributed by atoms with Crippen molar-refractivity contribution in [3.05, 3.63) is 40.9 Å². The molecule has 0 saturated heterocycles. The number of rotatable bonds is 0. The van der Waals surface area contributed by atoms with E-state index in [1.54, 1.807) is 12.1 Å². The molecule has 0 spiro atoms. The van der Waals surface area contributed by atoms with Crippen LogP contribution in [0.1, 0.15) is 5.56 Å². The standard InChI is InChI=1S/C7H5NO.ClH/c9-8-6-7-4-2-1-3-5-7;/h1-5H;1H. The molecule has 0 radical (unpaired) electrons. The Bertz CT molecular complexity index is 237. The van der Waals surface area contributed by atoms with Gasteiger partial charge in [-0.25, -0.2) is 0 Å². The molecule has 0 aromatic heterocycles. The predicted molar refractivity (Wildman–Crippen MR) is 34.6 cm³/mol. The van der Waals surface area contributed by atoms with Crippen molar-refractivity contribution in [2.45, 2.75) is 0 Å². The Kier molecular flexibility index (Phi) is 4.10. The Morgan fingerprint density at radius 3 is 2.30 bits per heavy atom. The van der Waals surface area contributed by atoms with E-state index in [4.69, 9.17) is 5.21 Å². The van der Waals surface area contributed by atoms with Crippen LogP contribution in [0.5, 0.6) is 0 Å². The Labute approximate surface area is 65.3 Å². The van der Waals surface area contributed by atoms with Crippen molar-refractivity contribution in [1.29, 1.82) is 0 Å². The van der Waals surface area contributed by atoms with E-state index in [1.807, 2.05) is 18.2 Å². The summed E-state index contributed by atoms with van der Waals surface area (Å²) >= 11 is 0. The molecule has 0 fully saturated rings. The minimum Gasteiger partial charge on any atom is -1.00 e. The molecule has 0 unspecified atom stereocenters. The highest BCUT2D eigenvalue weighted by molar-refractivity contribution is 5.29.